The van der Waals surface area contributed by atoms with Gasteiger partial charge >= 0.3 is 0 Å². The predicted octanol–water partition coefficient (Wildman–Crippen LogP) is -0.926. The number of halogens is 1. The predicted molar refractivity (Wildman–Crippen MR) is 41.8 cm³/mol. The highest BCUT2D eigenvalue weighted by Gasteiger charge is 2.44. The van der Waals surface area contributed by atoms with E-state index in [1.807, 2.05) is 0 Å². The number of ether oxygens (including phenoxy) is 1. The molecule has 0 amide bonds. The molecule has 1 saturated heterocycles. The summed E-state index contributed by atoms with van der Waals surface area (Å²) in [6.45, 7) is -0.595. The zero-order chi connectivity index (χ0) is 10.7. The Balaban J connectivity index is 2.77. The van der Waals surface area contributed by atoms with Gasteiger partial charge in [-0.2, -0.15) is 0 Å². The number of rotatable bonds is 2. The lowest BCUT2D eigenvalue weighted by molar-refractivity contribution is -0.210. The Bertz CT molecular complexity index is 245. The van der Waals surface area contributed by atoms with E-state index < -0.39 is 37.3 Å². The lowest BCUT2D eigenvalue weighted by Gasteiger charge is -2.36. The maximum Gasteiger partial charge on any atom is 0.170 e. The van der Waals surface area contributed by atoms with E-state index in [1.165, 1.54) is 0 Å². The molecule has 1 heterocycles. The van der Waals surface area contributed by atoms with Crippen molar-refractivity contribution in [1.82, 2.24) is 0 Å². The average molecular weight is 207 g/mol. The molecule has 0 saturated carbocycles. The van der Waals surface area contributed by atoms with Crippen molar-refractivity contribution < 1.29 is 24.4 Å². The molecule has 1 fully saturated rings. The van der Waals surface area contributed by atoms with Gasteiger partial charge in [-0.05, 0) is 5.53 Å². The molecule has 80 valence electrons. The number of aliphatic hydroxyl groups is 3. The van der Waals surface area contributed by atoms with Crippen LogP contribution in [-0.4, -0.2) is 52.6 Å². The molecule has 0 bridgehead atoms. The minimum Gasteiger partial charge on any atom is -0.394 e. The highest BCUT2D eigenvalue weighted by molar-refractivity contribution is 4.91. The molecule has 0 aliphatic carbocycles. The van der Waals surface area contributed by atoms with E-state index in [4.69, 9.17) is 20.5 Å². The largest absolute Gasteiger partial charge is 0.394 e. The normalized spacial score (nSPS) is 43.0. The molecule has 7 nitrogen and oxygen atoms in total. The van der Waals surface area contributed by atoms with E-state index in [0.29, 0.717) is 0 Å². The van der Waals surface area contributed by atoms with Crippen LogP contribution in [0.1, 0.15) is 0 Å². The van der Waals surface area contributed by atoms with Gasteiger partial charge < -0.3 is 20.1 Å². The van der Waals surface area contributed by atoms with Crippen LogP contribution in [0, 0.1) is 0 Å². The highest BCUT2D eigenvalue weighted by atomic mass is 19.1. The summed E-state index contributed by atoms with van der Waals surface area (Å²) in [6, 6.07) is 0. The smallest absolute Gasteiger partial charge is 0.170 e. The van der Waals surface area contributed by atoms with Crippen LogP contribution in [0.2, 0.25) is 0 Å². The minimum absolute atomic E-state index is 0.595. The second-order valence-corrected chi connectivity index (χ2v) is 2.88. The molecule has 14 heavy (non-hydrogen) atoms. The van der Waals surface area contributed by atoms with Crippen molar-refractivity contribution in [3.05, 3.63) is 10.4 Å². The summed E-state index contributed by atoms with van der Waals surface area (Å²) in [6.07, 6.45) is -7.91. The fourth-order valence-electron chi connectivity index (χ4n) is 1.20. The Hall–Kier alpha value is -0.920. The second-order valence-electron chi connectivity index (χ2n) is 2.88. The number of alkyl halides is 1. The molecule has 5 atom stereocenters. The van der Waals surface area contributed by atoms with Crippen molar-refractivity contribution in [2.24, 2.45) is 5.11 Å². The first-order valence-corrected chi connectivity index (χ1v) is 3.92. The molecular formula is C6H10FN3O4. The van der Waals surface area contributed by atoms with Crippen LogP contribution in [0.4, 0.5) is 4.39 Å². The monoisotopic (exact) mass is 207 g/mol. The Labute approximate surface area is 78.4 Å². The summed E-state index contributed by atoms with van der Waals surface area (Å²) in [5, 5.41) is 30.0. The van der Waals surface area contributed by atoms with Crippen molar-refractivity contribution in [1.29, 1.82) is 0 Å². The Kier molecular flexibility index (Phi) is 3.62. The fraction of sp³-hybridized carbons (Fsp3) is 1.00. The van der Waals surface area contributed by atoms with E-state index in [-0.39, 0.29) is 0 Å². The quantitative estimate of drug-likeness (QED) is 0.308. The van der Waals surface area contributed by atoms with Gasteiger partial charge in [0.25, 0.3) is 0 Å². The third kappa shape index (κ3) is 1.94. The molecule has 0 radical (unpaired) electrons. The first kappa shape index (κ1) is 11.2. The number of aliphatic hydroxyl groups excluding tert-OH is 3. The van der Waals surface area contributed by atoms with Crippen LogP contribution >= 0.6 is 0 Å². The van der Waals surface area contributed by atoms with Crippen LogP contribution in [-0.2, 0) is 4.74 Å². The summed E-state index contributed by atoms with van der Waals surface area (Å²) < 4.78 is 17.8. The van der Waals surface area contributed by atoms with Crippen LogP contribution in [0.5, 0.6) is 0 Å². The molecular weight excluding hydrogens is 197 g/mol. The fourth-order valence-corrected chi connectivity index (χ4v) is 1.20. The van der Waals surface area contributed by atoms with Gasteiger partial charge in [0.15, 0.2) is 12.4 Å². The zero-order valence-corrected chi connectivity index (χ0v) is 7.06. The third-order valence-corrected chi connectivity index (χ3v) is 1.99. The van der Waals surface area contributed by atoms with E-state index in [0.717, 1.165) is 0 Å². The SMILES string of the molecule is [N-]=[N+]=NC1OC(CO)C(O)C(O)C1F. The standard InChI is InChI=1S/C6H10FN3O4/c7-3-5(13)4(12)2(1-11)14-6(3)9-10-8/h2-6,11-13H,1H2. The number of nitrogens with zero attached hydrogens (tertiary/aromatic N) is 3. The van der Waals surface area contributed by atoms with Crippen molar-refractivity contribution in [3.8, 4) is 0 Å². The van der Waals surface area contributed by atoms with Gasteiger partial charge in [-0.25, -0.2) is 4.39 Å². The van der Waals surface area contributed by atoms with Crippen molar-refractivity contribution in [2.75, 3.05) is 6.61 Å². The molecule has 5 unspecified atom stereocenters. The maximum atomic E-state index is 13.1. The molecule has 3 N–H and O–H groups in total. The van der Waals surface area contributed by atoms with E-state index in [9.17, 15) is 9.50 Å². The third-order valence-electron chi connectivity index (χ3n) is 1.99. The summed E-state index contributed by atoms with van der Waals surface area (Å²) >= 11 is 0. The molecule has 0 aromatic carbocycles. The summed E-state index contributed by atoms with van der Waals surface area (Å²) in [5.41, 5.74) is 8.05. The first-order valence-electron chi connectivity index (χ1n) is 3.92. The van der Waals surface area contributed by atoms with Gasteiger partial charge in [-0.15, -0.1) is 0 Å². The molecule has 1 aliphatic rings. The Morgan fingerprint density at radius 2 is 2.07 bits per heavy atom. The molecule has 8 heteroatoms. The van der Waals surface area contributed by atoms with Gasteiger partial charge in [-0.3, -0.25) is 0 Å². The van der Waals surface area contributed by atoms with Gasteiger partial charge in [0.05, 0.1) is 6.61 Å². The van der Waals surface area contributed by atoms with Crippen LogP contribution in [0.3, 0.4) is 0 Å². The zero-order valence-electron chi connectivity index (χ0n) is 7.06. The summed E-state index contributed by atoms with van der Waals surface area (Å²) in [7, 11) is 0. The summed E-state index contributed by atoms with van der Waals surface area (Å²) in [4.78, 5) is 2.32. The second kappa shape index (κ2) is 4.54. The molecule has 1 rings (SSSR count). The average Bonchev–Trinajstić information content (AvgIpc) is 2.19. The van der Waals surface area contributed by atoms with E-state index in [2.05, 4.69) is 10.0 Å². The van der Waals surface area contributed by atoms with Crippen molar-refractivity contribution in [3.63, 3.8) is 0 Å². The number of hydrogen-bond donors (Lipinski definition) is 3. The van der Waals surface area contributed by atoms with Gasteiger partial charge in [0, 0.05) is 4.91 Å². The molecule has 0 aromatic heterocycles. The topological polar surface area (TPSA) is 119 Å². The van der Waals surface area contributed by atoms with Crippen LogP contribution < -0.4 is 0 Å². The lowest BCUT2D eigenvalue weighted by atomic mass is 10.00. The Morgan fingerprint density at radius 3 is 2.57 bits per heavy atom. The number of azide groups is 1. The number of hydrogen-bond acceptors (Lipinski definition) is 5. The minimum atomic E-state index is -2.00. The molecule has 0 spiro atoms. The van der Waals surface area contributed by atoms with E-state index in [1.54, 1.807) is 0 Å². The van der Waals surface area contributed by atoms with E-state index >= 15 is 0 Å². The van der Waals surface area contributed by atoms with Gasteiger partial charge in [0.1, 0.15) is 18.3 Å². The lowest BCUT2D eigenvalue weighted by Crippen LogP contribution is -2.56. The van der Waals surface area contributed by atoms with Crippen molar-refractivity contribution in [2.45, 2.75) is 30.7 Å². The summed E-state index contributed by atoms with van der Waals surface area (Å²) in [5.74, 6) is 0. The first-order chi connectivity index (χ1) is 6.61. The van der Waals surface area contributed by atoms with Gasteiger partial charge in [0.2, 0.25) is 0 Å². The maximum absolute atomic E-state index is 13.1. The van der Waals surface area contributed by atoms with Crippen LogP contribution in [0.15, 0.2) is 5.11 Å². The highest BCUT2D eigenvalue weighted by Crippen LogP contribution is 2.24. The molecule has 1 aliphatic heterocycles. The van der Waals surface area contributed by atoms with Crippen LogP contribution in [0.25, 0.3) is 10.4 Å². The molecule has 0 aromatic rings. The Morgan fingerprint density at radius 1 is 1.43 bits per heavy atom. The van der Waals surface area contributed by atoms with Crippen molar-refractivity contribution >= 4 is 0 Å². The van der Waals surface area contributed by atoms with Gasteiger partial charge in [-0.1, -0.05) is 5.11 Å².